The Morgan fingerprint density at radius 3 is 3.08 bits per heavy atom. The molecule has 5 heteroatoms. The summed E-state index contributed by atoms with van der Waals surface area (Å²) < 4.78 is 0. The van der Waals surface area contributed by atoms with Gasteiger partial charge in [0.1, 0.15) is 5.52 Å². The molecule has 0 aliphatic rings. The number of hydrogen-bond donors (Lipinski definition) is 2. The zero-order valence-corrected chi connectivity index (χ0v) is 6.82. The molecule has 1 heterocycles. The number of aromatic amines is 1. The van der Waals surface area contributed by atoms with Crippen LogP contribution in [0.2, 0.25) is 0 Å². The summed E-state index contributed by atoms with van der Waals surface area (Å²) in [5.41, 5.74) is 6.73. The number of nitrogens with two attached hydrogens (primary N) is 1. The predicted octanol–water partition coefficient (Wildman–Crippen LogP) is -0.223. The molecule has 0 radical (unpaired) electrons. The number of nitrogens with zero attached hydrogens (tertiary/aromatic N) is 2. The van der Waals surface area contributed by atoms with E-state index < -0.39 is 0 Å². The maximum absolute atomic E-state index is 11.2. The van der Waals surface area contributed by atoms with Crippen LogP contribution in [0.4, 0.5) is 0 Å². The average molecular weight is 176 g/mol. The van der Waals surface area contributed by atoms with E-state index in [1.165, 1.54) is 0 Å². The summed E-state index contributed by atoms with van der Waals surface area (Å²) in [7, 11) is 0. The van der Waals surface area contributed by atoms with Gasteiger partial charge in [0.05, 0.1) is 5.39 Å². The standard InChI is InChI=1S/C8H8N4O/c9-4-5-1-2-6-7(3-5)10-12-11-8(6)13/h1-3H,4,9H2,(H,10,11,13). The van der Waals surface area contributed by atoms with Crippen LogP contribution < -0.4 is 11.3 Å². The van der Waals surface area contributed by atoms with Gasteiger partial charge in [0.15, 0.2) is 0 Å². The van der Waals surface area contributed by atoms with Crippen LogP contribution in [-0.4, -0.2) is 15.4 Å². The van der Waals surface area contributed by atoms with Crippen molar-refractivity contribution in [1.29, 1.82) is 0 Å². The van der Waals surface area contributed by atoms with Crippen molar-refractivity contribution in [3.8, 4) is 0 Å². The van der Waals surface area contributed by atoms with Gasteiger partial charge in [-0.25, -0.2) is 5.10 Å². The number of benzene rings is 1. The number of rotatable bonds is 1. The second-order valence-corrected chi connectivity index (χ2v) is 2.70. The highest BCUT2D eigenvalue weighted by atomic mass is 16.1. The molecular weight excluding hydrogens is 168 g/mol. The lowest BCUT2D eigenvalue weighted by Crippen LogP contribution is -2.10. The van der Waals surface area contributed by atoms with Gasteiger partial charge in [0, 0.05) is 6.54 Å². The van der Waals surface area contributed by atoms with Crippen LogP contribution >= 0.6 is 0 Å². The molecule has 0 atom stereocenters. The summed E-state index contributed by atoms with van der Waals surface area (Å²) >= 11 is 0. The molecule has 0 bridgehead atoms. The first-order chi connectivity index (χ1) is 6.31. The lowest BCUT2D eigenvalue weighted by Gasteiger charge is -1.97. The Kier molecular flexibility index (Phi) is 1.79. The molecule has 1 aromatic heterocycles. The minimum absolute atomic E-state index is 0.228. The van der Waals surface area contributed by atoms with E-state index in [9.17, 15) is 4.79 Å². The molecular formula is C8H8N4O. The van der Waals surface area contributed by atoms with Crippen molar-refractivity contribution in [2.45, 2.75) is 6.54 Å². The van der Waals surface area contributed by atoms with Crippen molar-refractivity contribution in [2.24, 2.45) is 5.73 Å². The van der Waals surface area contributed by atoms with Crippen LogP contribution in [0, 0.1) is 0 Å². The molecule has 2 aromatic rings. The first-order valence-corrected chi connectivity index (χ1v) is 3.85. The van der Waals surface area contributed by atoms with E-state index in [2.05, 4.69) is 15.4 Å². The molecule has 0 saturated heterocycles. The monoisotopic (exact) mass is 176 g/mol. The van der Waals surface area contributed by atoms with Gasteiger partial charge < -0.3 is 5.73 Å². The molecule has 66 valence electrons. The highest BCUT2D eigenvalue weighted by Gasteiger charge is 1.99. The Balaban J connectivity index is 2.80. The average Bonchev–Trinajstić information content (AvgIpc) is 2.18. The highest BCUT2D eigenvalue weighted by Crippen LogP contribution is 2.07. The molecule has 0 fully saturated rings. The van der Waals surface area contributed by atoms with Crippen LogP contribution in [0.25, 0.3) is 10.9 Å². The molecule has 2 rings (SSSR count). The third-order valence-corrected chi connectivity index (χ3v) is 1.85. The third-order valence-electron chi connectivity index (χ3n) is 1.85. The Morgan fingerprint density at radius 1 is 1.46 bits per heavy atom. The second kappa shape index (κ2) is 2.95. The van der Waals surface area contributed by atoms with Crippen molar-refractivity contribution in [1.82, 2.24) is 15.4 Å². The second-order valence-electron chi connectivity index (χ2n) is 2.70. The molecule has 13 heavy (non-hydrogen) atoms. The SMILES string of the molecule is NCc1ccc2c(=O)[nH]nnc2c1. The number of H-pyrrole nitrogens is 1. The van der Waals surface area contributed by atoms with E-state index in [-0.39, 0.29) is 5.56 Å². The van der Waals surface area contributed by atoms with Gasteiger partial charge >= 0.3 is 0 Å². The molecule has 0 unspecified atom stereocenters. The fraction of sp³-hybridized carbons (Fsp3) is 0.125. The zero-order valence-electron chi connectivity index (χ0n) is 6.82. The van der Waals surface area contributed by atoms with Gasteiger partial charge in [0.25, 0.3) is 5.56 Å². The summed E-state index contributed by atoms with van der Waals surface area (Å²) in [4.78, 5) is 11.2. The topological polar surface area (TPSA) is 84.7 Å². The third kappa shape index (κ3) is 1.29. The fourth-order valence-corrected chi connectivity index (χ4v) is 1.16. The largest absolute Gasteiger partial charge is 0.326 e. The van der Waals surface area contributed by atoms with Gasteiger partial charge in [-0.1, -0.05) is 11.3 Å². The zero-order chi connectivity index (χ0) is 9.26. The Bertz CT molecular complexity index is 491. The number of nitrogens with one attached hydrogen (secondary N) is 1. The summed E-state index contributed by atoms with van der Waals surface area (Å²) in [5.74, 6) is 0. The first kappa shape index (κ1) is 7.88. The lowest BCUT2D eigenvalue weighted by atomic mass is 10.1. The van der Waals surface area contributed by atoms with Crippen LogP contribution in [0.3, 0.4) is 0 Å². The quantitative estimate of drug-likeness (QED) is 0.628. The number of hydrogen-bond acceptors (Lipinski definition) is 4. The van der Waals surface area contributed by atoms with E-state index in [4.69, 9.17) is 5.73 Å². The Labute approximate surface area is 73.6 Å². The molecule has 5 nitrogen and oxygen atoms in total. The van der Waals surface area contributed by atoms with Crippen LogP contribution in [-0.2, 0) is 6.54 Å². The molecule has 0 spiro atoms. The van der Waals surface area contributed by atoms with Crippen molar-refractivity contribution in [3.63, 3.8) is 0 Å². The normalized spacial score (nSPS) is 10.5. The predicted molar refractivity (Wildman–Crippen MR) is 48.1 cm³/mol. The van der Waals surface area contributed by atoms with E-state index in [1.54, 1.807) is 18.2 Å². The summed E-state index contributed by atoms with van der Waals surface area (Å²) in [6, 6.07) is 5.27. The van der Waals surface area contributed by atoms with Crippen LogP contribution in [0.1, 0.15) is 5.56 Å². The molecule has 0 aliphatic carbocycles. The number of aromatic nitrogens is 3. The minimum atomic E-state index is -0.228. The van der Waals surface area contributed by atoms with Crippen molar-refractivity contribution in [2.75, 3.05) is 0 Å². The first-order valence-electron chi connectivity index (χ1n) is 3.85. The summed E-state index contributed by atoms with van der Waals surface area (Å²) in [6.45, 7) is 0.435. The Morgan fingerprint density at radius 2 is 2.31 bits per heavy atom. The van der Waals surface area contributed by atoms with E-state index in [0.29, 0.717) is 17.4 Å². The van der Waals surface area contributed by atoms with Crippen LogP contribution in [0.5, 0.6) is 0 Å². The molecule has 0 aliphatic heterocycles. The van der Waals surface area contributed by atoms with Crippen molar-refractivity contribution >= 4 is 10.9 Å². The molecule has 0 saturated carbocycles. The van der Waals surface area contributed by atoms with E-state index >= 15 is 0 Å². The van der Waals surface area contributed by atoms with Crippen molar-refractivity contribution in [3.05, 3.63) is 34.1 Å². The summed E-state index contributed by atoms with van der Waals surface area (Å²) in [5, 5.41) is 10.0. The Hall–Kier alpha value is -1.75. The van der Waals surface area contributed by atoms with Gasteiger partial charge in [-0.15, -0.1) is 5.10 Å². The van der Waals surface area contributed by atoms with Gasteiger partial charge in [-0.05, 0) is 17.7 Å². The van der Waals surface area contributed by atoms with Gasteiger partial charge in [-0.3, -0.25) is 4.79 Å². The highest BCUT2D eigenvalue weighted by molar-refractivity contribution is 5.77. The van der Waals surface area contributed by atoms with Crippen molar-refractivity contribution < 1.29 is 0 Å². The molecule has 3 N–H and O–H groups in total. The smallest absolute Gasteiger partial charge is 0.275 e. The maximum Gasteiger partial charge on any atom is 0.275 e. The maximum atomic E-state index is 11.2. The van der Waals surface area contributed by atoms with Gasteiger partial charge in [-0.2, -0.15) is 0 Å². The fourth-order valence-electron chi connectivity index (χ4n) is 1.16. The lowest BCUT2D eigenvalue weighted by molar-refractivity contribution is 0.871. The van der Waals surface area contributed by atoms with Crippen LogP contribution in [0.15, 0.2) is 23.0 Å². The molecule has 0 amide bonds. The summed E-state index contributed by atoms with van der Waals surface area (Å²) in [6.07, 6.45) is 0. The number of fused-ring (bicyclic) bond motifs is 1. The van der Waals surface area contributed by atoms with E-state index in [1.807, 2.05) is 0 Å². The minimum Gasteiger partial charge on any atom is -0.326 e. The molecule has 1 aromatic carbocycles. The van der Waals surface area contributed by atoms with E-state index in [0.717, 1.165) is 5.56 Å². The van der Waals surface area contributed by atoms with Gasteiger partial charge in [0.2, 0.25) is 0 Å².